The smallest absolute Gasteiger partial charge is 0.101 e. The van der Waals surface area contributed by atoms with E-state index < -0.39 is 0 Å². The van der Waals surface area contributed by atoms with Gasteiger partial charge in [0.2, 0.25) is 0 Å². The maximum atomic E-state index is 5.03. The lowest BCUT2D eigenvalue weighted by molar-refractivity contribution is 0.915. The van der Waals surface area contributed by atoms with E-state index in [1.165, 1.54) is 21.8 Å². The first kappa shape index (κ1) is 16.1. The van der Waals surface area contributed by atoms with Crippen LogP contribution in [0, 0.1) is 0 Å². The first-order valence-electron chi connectivity index (χ1n) is 9.82. The fraction of sp³-hybridized carbons (Fsp3) is 0.0385. The van der Waals surface area contributed by atoms with Crippen LogP contribution in [0.3, 0.4) is 0 Å². The summed E-state index contributed by atoms with van der Waals surface area (Å²) in [5, 5.41) is 8.74. The molecule has 0 amide bonds. The summed E-state index contributed by atoms with van der Waals surface area (Å²) in [6, 6.07) is 34.0. The largest absolute Gasteiger partial charge is 0.344 e. The first-order chi connectivity index (χ1) is 14.3. The van der Waals surface area contributed by atoms with Crippen molar-refractivity contribution >= 4 is 32.7 Å². The molecular weight excluding hydrogens is 354 g/mol. The molecule has 0 N–H and O–H groups in total. The minimum Gasteiger partial charge on any atom is -0.344 e. The van der Waals surface area contributed by atoms with Gasteiger partial charge in [0.1, 0.15) is 5.69 Å². The van der Waals surface area contributed by atoms with E-state index >= 15 is 0 Å². The molecule has 4 aromatic carbocycles. The summed E-state index contributed by atoms with van der Waals surface area (Å²) in [6.45, 7) is 0. The monoisotopic (exact) mass is 373 g/mol. The van der Waals surface area contributed by atoms with Crippen LogP contribution in [0.2, 0.25) is 0 Å². The van der Waals surface area contributed by atoms with Gasteiger partial charge in [0, 0.05) is 39.8 Å². The van der Waals surface area contributed by atoms with E-state index in [2.05, 4.69) is 90.5 Å². The Hall–Kier alpha value is -3.85. The molecule has 0 atom stereocenters. The Kier molecular flexibility index (Phi) is 3.38. The van der Waals surface area contributed by atoms with Crippen LogP contribution in [0.25, 0.3) is 49.7 Å². The SMILES string of the molecule is Cn1c2ccccc2c2cc(-c3nn(-c4ccccc4)c4ccccc34)ccc21. The average Bonchev–Trinajstić information content (AvgIpc) is 3.31. The number of nitrogens with zero attached hydrogens (tertiary/aromatic N) is 3. The molecule has 0 aliphatic carbocycles. The van der Waals surface area contributed by atoms with Crippen molar-refractivity contribution < 1.29 is 0 Å². The third-order valence-electron chi connectivity index (χ3n) is 5.78. The van der Waals surface area contributed by atoms with E-state index in [4.69, 9.17) is 5.10 Å². The fourth-order valence-corrected chi connectivity index (χ4v) is 4.36. The second kappa shape index (κ2) is 6.08. The zero-order valence-electron chi connectivity index (χ0n) is 16.1. The molecular formula is C26H19N3. The predicted octanol–water partition coefficient (Wildman–Crippen LogP) is 6.34. The number of aromatic nitrogens is 3. The lowest BCUT2D eigenvalue weighted by Gasteiger charge is -2.02. The fourth-order valence-electron chi connectivity index (χ4n) is 4.36. The summed E-state index contributed by atoms with van der Waals surface area (Å²) in [5.74, 6) is 0. The van der Waals surface area contributed by atoms with Gasteiger partial charge < -0.3 is 4.57 Å². The van der Waals surface area contributed by atoms with Crippen LogP contribution in [0.5, 0.6) is 0 Å². The number of benzene rings is 4. The molecule has 2 aromatic heterocycles. The standard InChI is InChI=1S/C26H19N3/c1-28-23-13-7-5-11-20(23)22-17-18(15-16-24(22)28)26-21-12-6-8-14-25(21)29(27-26)19-9-3-2-4-10-19/h2-17H,1H3. The second-order valence-corrected chi connectivity index (χ2v) is 7.42. The van der Waals surface area contributed by atoms with Gasteiger partial charge in [0.05, 0.1) is 11.2 Å². The number of fused-ring (bicyclic) bond motifs is 4. The summed E-state index contributed by atoms with van der Waals surface area (Å²) in [6.07, 6.45) is 0. The maximum Gasteiger partial charge on any atom is 0.101 e. The van der Waals surface area contributed by atoms with E-state index in [9.17, 15) is 0 Å². The number of para-hydroxylation sites is 3. The molecule has 0 saturated carbocycles. The number of hydrogen-bond donors (Lipinski definition) is 0. The highest BCUT2D eigenvalue weighted by Gasteiger charge is 2.15. The molecule has 6 aromatic rings. The molecule has 3 nitrogen and oxygen atoms in total. The summed E-state index contributed by atoms with van der Waals surface area (Å²) in [7, 11) is 2.13. The molecule has 6 rings (SSSR count). The molecule has 0 radical (unpaired) electrons. The second-order valence-electron chi connectivity index (χ2n) is 7.42. The topological polar surface area (TPSA) is 22.8 Å². The Morgan fingerprint density at radius 3 is 2.07 bits per heavy atom. The minimum absolute atomic E-state index is 1.01. The van der Waals surface area contributed by atoms with Crippen LogP contribution in [-0.4, -0.2) is 14.3 Å². The normalized spacial score (nSPS) is 11.6. The minimum atomic E-state index is 1.01. The summed E-state index contributed by atoms with van der Waals surface area (Å²) in [5.41, 5.74) is 6.83. The molecule has 0 unspecified atom stereocenters. The van der Waals surface area contributed by atoms with Gasteiger partial charge in [-0.25, -0.2) is 4.68 Å². The van der Waals surface area contributed by atoms with Crippen LogP contribution >= 0.6 is 0 Å². The molecule has 0 aliphatic rings. The Balaban J connectivity index is 1.65. The van der Waals surface area contributed by atoms with E-state index in [1.807, 2.05) is 22.9 Å². The highest BCUT2D eigenvalue weighted by molar-refractivity contribution is 6.10. The Morgan fingerprint density at radius 2 is 1.24 bits per heavy atom. The van der Waals surface area contributed by atoms with Crippen molar-refractivity contribution in [1.29, 1.82) is 0 Å². The Bertz CT molecular complexity index is 1500. The average molecular weight is 373 g/mol. The summed E-state index contributed by atoms with van der Waals surface area (Å²) in [4.78, 5) is 0. The van der Waals surface area contributed by atoms with Gasteiger partial charge in [-0.05, 0) is 36.4 Å². The van der Waals surface area contributed by atoms with Crippen LogP contribution < -0.4 is 0 Å². The number of aryl methyl sites for hydroxylation is 1. The van der Waals surface area contributed by atoms with Crippen molar-refractivity contribution in [2.24, 2.45) is 7.05 Å². The van der Waals surface area contributed by atoms with Gasteiger partial charge in [0.25, 0.3) is 0 Å². The summed E-state index contributed by atoms with van der Waals surface area (Å²) >= 11 is 0. The van der Waals surface area contributed by atoms with Crippen molar-refractivity contribution in [2.75, 3.05) is 0 Å². The van der Waals surface area contributed by atoms with Gasteiger partial charge in [-0.15, -0.1) is 0 Å². The van der Waals surface area contributed by atoms with Gasteiger partial charge in [-0.3, -0.25) is 0 Å². The molecule has 3 heteroatoms. The van der Waals surface area contributed by atoms with E-state index in [0.717, 1.165) is 27.8 Å². The predicted molar refractivity (Wildman–Crippen MR) is 120 cm³/mol. The van der Waals surface area contributed by atoms with Gasteiger partial charge in [-0.2, -0.15) is 5.10 Å². The van der Waals surface area contributed by atoms with Crippen LogP contribution in [0.4, 0.5) is 0 Å². The van der Waals surface area contributed by atoms with Gasteiger partial charge in [-0.1, -0.05) is 60.7 Å². The highest BCUT2D eigenvalue weighted by atomic mass is 15.3. The number of rotatable bonds is 2. The van der Waals surface area contributed by atoms with Crippen molar-refractivity contribution in [3.05, 3.63) is 97.1 Å². The van der Waals surface area contributed by atoms with Crippen molar-refractivity contribution in [2.45, 2.75) is 0 Å². The van der Waals surface area contributed by atoms with Crippen LogP contribution in [0.1, 0.15) is 0 Å². The molecule has 0 bridgehead atoms. The third-order valence-corrected chi connectivity index (χ3v) is 5.78. The van der Waals surface area contributed by atoms with Crippen molar-refractivity contribution in [3.63, 3.8) is 0 Å². The molecule has 0 aliphatic heterocycles. The van der Waals surface area contributed by atoms with Crippen molar-refractivity contribution in [1.82, 2.24) is 14.3 Å². The molecule has 0 spiro atoms. The van der Waals surface area contributed by atoms with E-state index in [-0.39, 0.29) is 0 Å². The lowest BCUT2D eigenvalue weighted by Crippen LogP contribution is -1.95. The molecule has 29 heavy (non-hydrogen) atoms. The van der Waals surface area contributed by atoms with Crippen LogP contribution in [-0.2, 0) is 7.05 Å². The third kappa shape index (κ3) is 2.34. The molecule has 0 fully saturated rings. The zero-order chi connectivity index (χ0) is 19.4. The lowest BCUT2D eigenvalue weighted by atomic mass is 10.0. The quantitative estimate of drug-likeness (QED) is 0.347. The first-order valence-corrected chi connectivity index (χ1v) is 9.82. The maximum absolute atomic E-state index is 5.03. The highest BCUT2D eigenvalue weighted by Crippen LogP contribution is 2.34. The van der Waals surface area contributed by atoms with Crippen molar-refractivity contribution in [3.8, 4) is 16.9 Å². The molecule has 138 valence electrons. The van der Waals surface area contributed by atoms with Gasteiger partial charge in [0.15, 0.2) is 0 Å². The van der Waals surface area contributed by atoms with E-state index in [0.29, 0.717) is 0 Å². The van der Waals surface area contributed by atoms with Crippen LogP contribution in [0.15, 0.2) is 97.1 Å². The molecule has 0 saturated heterocycles. The molecule has 2 heterocycles. The van der Waals surface area contributed by atoms with E-state index in [1.54, 1.807) is 0 Å². The zero-order valence-corrected chi connectivity index (χ0v) is 16.1. The Morgan fingerprint density at radius 1 is 0.586 bits per heavy atom. The van der Waals surface area contributed by atoms with Gasteiger partial charge >= 0.3 is 0 Å². The summed E-state index contributed by atoms with van der Waals surface area (Å²) < 4.78 is 4.30. The number of hydrogen-bond acceptors (Lipinski definition) is 1. The Labute approximate surface area is 168 Å².